The summed E-state index contributed by atoms with van der Waals surface area (Å²) in [5.74, 6) is 0.196. The average Bonchev–Trinajstić information content (AvgIpc) is 2.91. The Balaban J connectivity index is 1.87. The van der Waals surface area contributed by atoms with E-state index >= 15 is 0 Å². The van der Waals surface area contributed by atoms with E-state index in [-0.39, 0.29) is 24.0 Å². The third-order valence-corrected chi connectivity index (χ3v) is 4.10. The largest absolute Gasteiger partial charge is 0.399 e. The highest BCUT2D eigenvalue weighted by atomic mass is 16.5. The molecule has 0 radical (unpaired) electrons. The zero-order valence-electron chi connectivity index (χ0n) is 11.4. The second kappa shape index (κ2) is 4.53. The van der Waals surface area contributed by atoms with Crippen LogP contribution in [0.2, 0.25) is 0 Å². The Bertz CT molecular complexity index is 515. The van der Waals surface area contributed by atoms with E-state index in [0.29, 0.717) is 6.61 Å². The van der Waals surface area contributed by atoms with Gasteiger partial charge in [-0.3, -0.25) is 4.79 Å². The van der Waals surface area contributed by atoms with Crippen LogP contribution in [-0.4, -0.2) is 24.7 Å². The Morgan fingerprint density at radius 1 is 1.42 bits per heavy atom. The molecule has 0 spiro atoms. The summed E-state index contributed by atoms with van der Waals surface area (Å²) >= 11 is 0. The van der Waals surface area contributed by atoms with E-state index in [1.165, 1.54) is 5.56 Å². The number of fused-ring (bicyclic) bond motifs is 1. The molecule has 3 rings (SSSR count). The first-order chi connectivity index (χ1) is 9.06. The van der Waals surface area contributed by atoms with Gasteiger partial charge >= 0.3 is 0 Å². The zero-order valence-corrected chi connectivity index (χ0v) is 11.4. The lowest BCUT2D eigenvalue weighted by atomic mass is 10.0. The SMILES string of the molecule is CC1CC(C(=O)N2c3ccc(N)cc3CC2C)CO1. The Morgan fingerprint density at radius 2 is 2.21 bits per heavy atom. The molecule has 4 nitrogen and oxygen atoms in total. The number of nitrogen functional groups attached to an aromatic ring is 1. The number of ether oxygens (including phenoxy) is 1. The highest BCUT2D eigenvalue weighted by Gasteiger charge is 2.37. The first kappa shape index (κ1) is 12.5. The van der Waals surface area contributed by atoms with Crippen LogP contribution >= 0.6 is 0 Å². The molecule has 1 saturated heterocycles. The van der Waals surface area contributed by atoms with E-state index in [4.69, 9.17) is 10.5 Å². The number of nitrogens with zero attached hydrogens (tertiary/aromatic N) is 1. The minimum Gasteiger partial charge on any atom is -0.399 e. The Kier molecular flexibility index (Phi) is 2.97. The number of rotatable bonds is 1. The van der Waals surface area contributed by atoms with Gasteiger partial charge in [0.25, 0.3) is 0 Å². The van der Waals surface area contributed by atoms with Crippen molar-refractivity contribution in [1.29, 1.82) is 0 Å². The molecule has 0 aliphatic carbocycles. The van der Waals surface area contributed by atoms with Gasteiger partial charge in [-0.15, -0.1) is 0 Å². The van der Waals surface area contributed by atoms with Crippen LogP contribution in [0.25, 0.3) is 0 Å². The molecule has 3 unspecified atom stereocenters. The van der Waals surface area contributed by atoms with Gasteiger partial charge < -0.3 is 15.4 Å². The van der Waals surface area contributed by atoms with E-state index in [9.17, 15) is 4.79 Å². The van der Waals surface area contributed by atoms with E-state index < -0.39 is 0 Å². The number of nitrogens with two attached hydrogens (primary N) is 1. The van der Waals surface area contributed by atoms with Crippen molar-refractivity contribution < 1.29 is 9.53 Å². The van der Waals surface area contributed by atoms with Crippen LogP contribution in [0.5, 0.6) is 0 Å². The molecule has 4 heteroatoms. The third-order valence-electron chi connectivity index (χ3n) is 4.10. The van der Waals surface area contributed by atoms with Crippen LogP contribution in [0, 0.1) is 5.92 Å². The fourth-order valence-electron chi connectivity index (χ4n) is 3.17. The third kappa shape index (κ3) is 2.10. The lowest BCUT2D eigenvalue weighted by Gasteiger charge is -2.25. The average molecular weight is 260 g/mol. The van der Waals surface area contributed by atoms with Crippen LogP contribution in [0.3, 0.4) is 0 Å². The van der Waals surface area contributed by atoms with E-state index in [1.807, 2.05) is 30.0 Å². The van der Waals surface area contributed by atoms with Gasteiger partial charge in [-0.1, -0.05) is 0 Å². The molecule has 1 aromatic carbocycles. The predicted octanol–water partition coefficient (Wildman–Crippen LogP) is 1.97. The molecule has 3 atom stereocenters. The molecule has 1 amide bonds. The fourth-order valence-corrected chi connectivity index (χ4v) is 3.17. The van der Waals surface area contributed by atoms with Gasteiger partial charge in [0.2, 0.25) is 5.91 Å². The van der Waals surface area contributed by atoms with Crippen LogP contribution < -0.4 is 10.6 Å². The molecular formula is C15H20N2O2. The topological polar surface area (TPSA) is 55.6 Å². The number of carbonyl (C=O) groups is 1. The second-order valence-corrected chi connectivity index (χ2v) is 5.73. The van der Waals surface area contributed by atoms with Gasteiger partial charge in [-0.05, 0) is 50.5 Å². The quantitative estimate of drug-likeness (QED) is 0.785. The smallest absolute Gasteiger partial charge is 0.232 e. The Morgan fingerprint density at radius 3 is 2.89 bits per heavy atom. The van der Waals surface area contributed by atoms with Crippen LogP contribution in [0.4, 0.5) is 11.4 Å². The number of carbonyl (C=O) groups excluding carboxylic acids is 1. The lowest BCUT2D eigenvalue weighted by molar-refractivity contribution is -0.122. The van der Waals surface area contributed by atoms with Crippen molar-refractivity contribution in [2.45, 2.75) is 38.8 Å². The predicted molar refractivity (Wildman–Crippen MR) is 75.0 cm³/mol. The summed E-state index contributed by atoms with van der Waals surface area (Å²) in [7, 11) is 0. The van der Waals surface area contributed by atoms with Crippen molar-refractivity contribution in [3.63, 3.8) is 0 Å². The van der Waals surface area contributed by atoms with Gasteiger partial charge in [0.15, 0.2) is 0 Å². The van der Waals surface area contributed by atoms with Crippen molar-refractivity contribution in [3.8, 4) is 0 Å². The van der Waals surface area contributed by atoms with Gasteiger partial charge in [0.05, 0.1) is 18.6 Å². The number of benzene rings is 1. The van der Waals surface area contributed by atoms with E-state index in [1.54, 1.807) is 0 Å². The standard InChI is InChI=1S/C15H20N2O2/c1-9-5-11-7-13(16)3-4-14(11)17(9)15(18)12-6-10(2)19-8-12/h3-4,7,9-10,12H,5-6,8,16H2,1-2H3. The van der Waals surface area contributed by atoms with Crippen molar-refractivity contribution in [2.75, 3.05) is 17.2 Å². The lowest BCUT2D eigenvalue weighted by Crippen LogP contribution is -2.40. The van der Waals surface area contributed by atoms with Crippen LogP contribution in [0.15, 0.2) is 18.2 Å². The molecule has 2 aliphatic heterocycles. The van der Waals surface area contributed by atoms with Crippen molar-refractivity contribution in [3.05, 3.63) is 23.8 Å². The van der Waals surface area contributed by atoms with Gasteiger partial charge in [0, 0.05) is 17.4 Å². The molecule has 102 valence electrons. The number of amides is 1. The van der Waals surface area contributed by atoms with Crippen molar-refractivity contribution in [1.82, 2.24) is 0 Å². The maximum atomic E-state index is 12.7. The maximum Gasteiger partial charge on any atom is 0.232 e. The van der Waals surface area contributed by atoms with E-state index in [2.05, 4.69) is 6.92 Å². The van der Waals surface area contributed by atoms with Gasteiger partial charge in [-0.2, -0.15) is 0 Å². The molecular weight excluding hydrogens is 240 g/mol. The number of hydrogen-bond donors (Lipinski definition) is 1. The fraction of sp³-hybridized carbons (Fsp3) is 0.533. The normalized spacial score (nSPS) is 29.6. The summed E-state index contributed by atoms with van der Waals surface area (Å²) in [5.41, 5.74) is 8.77. The first-order valence-electron chi connectivity index (χ1n) is 6.89. The van der Waals surface area contributed by atoms with Crippen LogP contribution in [0.1, 0.15) is 25.8 Å². The maximum absolute atomic E-state index is 12.7. The molecule has 2 N–H and O–H groups in total. The Labute approximate surface area is 113 Å². The second-order valence-electron chi connectivity index (χ2n) is 5.73. The summed E-state index contributed by atoms with van der Waals surface area (Å²) in [6.07, 6.45) is 1.90. The minimum atomic E-state index is 0.000882. The summed E-state index contributed by atoms with van der Waals surface area (Å²) in [6, 6.07) is 6.02. The molecule has 0 aromatic heterocycles. The Hall–Kier alpha value is -1.55. The molecule has 1 fully saturated rings. The number of anilines is 2. The molecule has 0 saturated carbocycles. The zero-order chi connectivity index (χ0) is 13.6. The molecule has 19 heavy (non-hydrogen) atoms. The number of hydrogen-bond acceptors (Lipinski definition) is 3. The van der Waals surface area contributed by atoms with Crippen LogP contribution in [-0.2, 0) is 16.0 Å². The van der Waals surface area contributed by atoms with E-state index in [0.717, 1.165) is 24.2 Å². The highest BCUT2D eigenvalue weighted by molar-refractivity contribution is 5.98. The summed E-state index contributed by atoms with van der Waals surface area (Å²) < 4.78 is 5.52. The highest BCUT2D eigenvalue weighted by Crippen LogP contribution is 2.36. The molecule has 0 bridgehead atoms. The summed E-state index contributed by atoms with van der Waals surface area (Å²) in [5, 5.41) is 0. The van der Waals surface area contributed by atoms with Gasteiger partial charge in [0.1, 0.15) is 0 Å². The monoisotopic (exact) mass is 260 g/mol. The summed E-state index contributed by atoms with van der Waals surface area (Å²) in [6.45, 7) is 4.66. The first-order valence-corrected chi connectivity index (χ1v) is 6.89. The molecule has 1 aromatic rings. The molecule has 2 aliphatic rings. The summed E-state index contributed by atoms with van der Waals surface area (Å²) in [4.78, 5) is 14.6. The minimum absolute atomic E-state index is 0.000882. The van der Waals surface area contributed by atoms with Gasteiger partial charge in [-0.25, -0.2) is 0 Å². The molecule has 2 heterocycles. The van der Waals surface area contributed by atoms with Crippen molar-refractivity contribution >= 4 is 17.3 Å². The van der Waals surface area contributed by atoms with Crippen molar-refractivity contribution in [2.24, 2.45) is 5.92 Å².